The summed E-state index contributed by atoms with van der Waals surface area (Å²) in [5.41, 5.74) is 2.57. The van der Waals surface area contributed by atoms with Crippen LogP contribution in [0, 0.1) is 0 Å². The van der Waals surface area contributed by atoms with Crippen LogP contribution in [-0.4, -0.2) is 34.8 Å². The fourth-order valence-electron chi connectivity index (χ4n) is 3.79. The average Bonchev–Trinajstić information content (AvgIpc) is 3.28. The predicted octanol–water partition coefficient (Wildman–Crippen LogP) is 7.01. The molecule has 0 aliphatic carbocycles. The number of nitrogens with one attached hydrogen (secondary N) is 1. The number of carbonyl (C=O) groups excluding carboxylic acids is 1. The number of nitrogens with zero attached hydrogens (tertiary/aromatic N) is 1. The number of aromatic nitrogens is 1. The van der Waals surface area contributed by atoms with Gasteiger partial charge in [-0.15, -0.1) is 11.3 Å². The molecule has 6 nitrogen and oxygen atoms in total. The number of benzene rings is 2. The molecule has 9 heteroatoms. The second-order valence-electron chi connectivity index (χ2n) is 8.82. The van der Waals surface area contributed by atoms with Crippen LogP contribution in [0.3, 0.4) is 0 Å². The number of carbonyl (C=O) groups is 1. The van der Waals surface area contributed by atoms with E-state index in [1.54, 1.807) is 33.9 Å². The van der Waals surface area contributed by atoms with E-state index in [-0.39, 0.29) is 5.56 Å². The number of hydrogen-bond donors (Lipinski definition) is 1. The Bertz CT molecular complexity index is 1420. The molecule has 0 aliphatic heterocycles. The third kappa shape index (κ3) is 4.87. The van der Waals surface area contributed by atoms with Crippen molar-refractivity contribution in [2.75, 3.05) is 13.7 Å². The van der Waals surface area contributed by atoms with Gasteiger partial charge in [0, 0.05) is 40.7 Å². The van der Waals surface area contributed by atoms with Crippen molar-refractivity contribution in [2.45, 2.75) is 32.8 Å². The second-order valence-corrected chi connectivity index (χ2v) is 10.5. The SMILES string of the molecule is COc1cc(Cl)c2[nH]c(=O)c3sccc3c2c1-c1ccc(CCN(Cl)C(=O)OC(C)(C)C)cc1. The van der Waals surface area contributed by atoms with Crippen molar-refractivity contribution in [3.8, 4) is 16.9 Å². The van der Waals surface area contributed by atoms with Crippen LogP contribution >= 0.6 is 34.7 Å². The first-order valence-electron chi connectivity index (χ1n) is 10.6. The molecule has 0 radical (unpaired) electrons. The zero-order valence-corrected chi connectivity index (χ0v) is 21.5. The number of thiophene rings is 1. The van der Waals surface area contributed by atoms with Crippen molar-refractivity contribution < 1.29 is 14.3 Å². The lowest BCUT2D eigenvalue weighted by atomic mass is 9.96. The van der Waals surface area contributed by atoms with Crippen LogP contribution in [0.2, 0.25) is 5.02 Å². The lowest BCUT2D eigenvalue weighted by molar-refractivity contribution is 0.0394. The van der Waals surface area contributed by atoms with E-state index in [0.29, 0.717) is 34.0 Å². The van der Waals surface area contributed by atoms with Gasteiger partial charge in [0.15, 0.2) is 0 Å². The topological polar surface area (TPSA) is 71.6 Å². The maximum atomic E-state index is 12.5. The molecule has 2 aromatic heterocycles. The Hall–Kier alpha value is -2.74. The predicted molar refractivity (Wildman–Crippen MR) is 139 cm³/mol. The molecular weight excluding hydrogens is 495 g/mol. The van der Waals surface area contributed by atoms with Crippen molar-refractivity contribution in [1.82, 2.24) is 9.40 Å². The van der Waals surface area contributed by atoms with Crippen LogP contribution in [0.4, 0.5) is 4.79 Å². The van der Waals surface area contributed by atoms with E-state index in [0.717, 1.165) is 31.9 Å². The molecule has 34 heavy (non-hydrogen) atoms. The molecular formula is C25H24Cl2N2O4S. The van der Waals surface area contributed by atoms with Crippen molar-refractivity contribution in [2.24, 2.45) is 0 Å². The number of halogens is 2. The van der Waals surface area contributed by atoms with Crippen LogP contribution < -0.4 is 10.3 Å². The summed E-state index contributed by atoms with van der Waals surface area (Å²) in [6.45, 7) is 5.69. The highest BCUT2D eigenvalue weighted by molar-refractivity contribution is 7.17. The number of amides is 1. The Labute approximate surface area is 211 Å². The van der Waals surface area contributed by atoms with Gasteiger partial charge in [0.05, 0.1) is 17.6 Å². The van der Waals surface area contributed by atoms with Crippen LogP contribution in [0.1, 0.15) is 26.3 Å². The standard InChI is InChI=1S/C25H24Cl2N2O4S/c1-25(2,3)33-24(31)29(27)11-9-14-5-7-15(8-6-14)19-18(32-4)13-17(26)21-20(19)16-10-12-34-22(16)23(30)28-21/h5-8,10,12-13H,9,11H2,1-4H3,(H,28,30). The van der Waals surface area contributed by atoms with Crippen LogP contribution in [0.15, 0.2) is 46.6 Å². The summed E-state index contributed by atoms with van der Waals surface area (Å²) in [6.07, 6.45) is -0.0131. The summed E-state index contributed by atoms with van der Waals surface area (Å²) in [4.78, 5) is 27.5. The Balaban J connectivity index is 1.68. The van der Waals surface area contributed by atoms with Crippen LogP contribution in [-0.2, 0) is 11.2 Å². The third-order valence-corrected chi connectivity index (χ3v) is 6.79. The van der Waals surface area contributed by atoms with E-state index in [2.05, 4.69) is 4.98 Å². The van der Waals surface area contributed by atoms with Crippen LogP contribution in [0.25, 0.3) is 32.1 Å². The zero-order chi connectivity index (χ0) is 24.6. The van der Waals surface area contributed by atoms with Gasteiger partial charge in [0.2, 0.25) is 0 Å². The first-order valence-corrected chi connectivity index (χ1v) is 12.2. The molecule has 0 saturated heterocycles. The number of hydrogen-bond acceptors (Lipinski definition) is 5. The Kier molecular flexibility index (Phi) is 6.80. The quantitative estimate of drug-likeness (QED) is 0.288. The first kappa shape index (κ1) is 24.4. The van der Waals surface area contributed by atoms with E-state index in [4.69, 9.17) is 32.9 Å². The summed E-state index contributed by atoms with van der Waals surface area (Å²) in [5, 5.41) is 3.98. The highest BCUT2D eigenvalue weighted by atomic mass is 35.5. The minimum absolute atomic E-state index is 0.165. The molecule has 0 unspecified atom stereocenters. The van der Waals surface area contributed by atoms with E-state index in [1.165, 1.54) is 11.3 Å². The normalized spacial score (nSPS) is 11.7. The van der Waals surface area contributed by atoms with Crippen molar-refractivity contribution in [3.63, 3.8) is 0 Å². The van der Waals surface area contributed by atoms with Gasteiger partial charge in [-0.3, -0.25) is 4.79 Å². The molecule has 4 rings (SSSR count). The second kappa shape index (κ2) is 9.49. The molecule has 178 valence electrons. The van der Waals surface area contributed by atoms with Crippen molar-refractivity contribution >= 4 is 61.8 Å². The van der Waals surface area contributed by atoms with E-state index < -0.39 is 11.7 Å². The number of H-pyrrole nitrogens is 1. The van der Waals surface area contributed by atoms with Gasteiger partial charge in [-0.1, -0.05) is 35.9 Å². The van der Waals surface area contributed by atoms with Gasteiger partial charge in [-0.05, 0) is 49.8 Å². The number of fused-ring (bicyclic) bond motifs is 3. The Morgan fingerprint density at radius 1 is 1.18 bits per heavy atom. The minimum Gasteiger partial charge on any atom is -0.496 e. The molecule has 0 aliphatic rings. The largest absolute Gasteiger partial charge is 0.496 e. The molecule has 1 N–H and O–H groups in total. The molecule has 2 aromatic carbocycles. The van der Waals surface area contributed by atoms with E-state index >= 15 is 0 Å². The number of aromatic amines is 1. The molecule has 2 heterocycles. The third-order valence-electron chi connectivity index (χ3n) is 5.27. The summed E-state index contributed by atoms with van der Waals surface area (Å²) in [6, 6.07) is 11.6. The van der Waals surface area contributed by atoms with Gasteiger partial charge >= 0.3 is 6.09 Å². The van der Waals surface area contributed by atoms with E-state index in [1.807, 2.05) is 35.7 Å². The molecule has 0 bridgehead atoms. The lowest BCUT2D eigenvalue weighted by Crippen LogP contribution is -2.32. The van der Waals surface area contributed by atoms with Gasteiger partial charge < -0.3 is 14.5 Å². The average molecular weight is 519 g/mol. The molecule has 0 atom stereocenters. The van der Waals surface area contributed by atoms with Crippen molar-refractivity contribution in [3.05, 3.63) is 62.7 Å². The van der Waals surface area contributed by atoms with Gasteiger partial charge in [-0.25, -0.2) is 9.21 Å². The molecule has 1 amide bonds. The van der Waals surface area contributed by atoms with E-state index in [9.17, 15) is 9.59 Å². The monoisotopic (exact) mass is 518 g/mol. The number of rotatable bonds is 5. The Morgan fingerprint density at radius 3 is 2.53 bits per heavy atom. The summed E-state index contributed by atoms with van der Waals surface area (Å²) in [5.74, 6) is 0.613. The molecule has 0 saturated carbocycles. The van der Waals surface area contributed by atoms with Crippen LogP contribution in [0.5, 0.6) is 5.75 Å². The fraction of sp³-hybridized carbons (Fsp3) is 0.280. The maximum Gasteiger partial charge on any atom is 0.425 e. The van der Waals surface area contributed by atoms with Gasteiger partial charge in [-0.2, -0.15) is 0 Å². The highest BCUT2D eigenvalue weighted by Gasteiger charge is 2.21. The lowest BCUT2D eigenvalue weighted by Gasteiger charge is -2.22. The Morgan fingerprint density at radius 2 is 1.88 bits per heavy atom. The maximum absolute atomic E-state index is 12.5. The number of ether oxygens (including phenoxy) is 2. The summed E-state index contributed by atoms with van der Waals surface area (Å²) >= 11 is 14.0. The molecule has 0 spiro atoms. The highest BCUT2D eigenvalue weighted by Crippen LogP contribution is 2.43. The minimum atomic E-state index is -0.607. The smallest absolute Gasteiger partial charge is 0.425 e. The fourth-order valence-corrected chi connectivity index (χ4v) is 4.94. The summed E-state index contributed by atoms with van der Waals surface area (Å²) < 4.78 is 12.6. The van der Waals surface area contributed by atoms with Gasteiger partial charge in [0.1, 0.15) is 16.1 Å². The summed E-state index contributed by atoms with van der Waals surface area (Å²) in [7, 11) is 1.59. The molecule has 4 aromatic rings. The zero-order valence-electron chi connectivity index (χ0n) is 19.2. The van der Waals surface area contributed by atoms with Crippen molar-refractivity contribution in [1.29, 1.82) is 0 Å². The first-order chi connectivity index (χ1) is 16.1. The molecule has 0 fully saturated rings. The van der Waals surface area contributed by atoms with Gasteiger partial charge in [0.25, 0.3) is 5.56 Å². The number of methoxy groups -OCH3 is 1. The number of pyridine rings is 1.